The van der Waals surface area contributed by atoms with E-state index in [1.807, 2.05) is 30.3 Å². The standard InChI is InChI=1S/C13H16N2O4/c16-12(17)11-6-10(7-14-11)15-13(18)19-8-9-4-2-1-3-5-9/h1-5,10-11,14H,6-8H2,(H,15,18)(H,16,17)/t10-,11-/m1/s1. The third-order valence-electron chi connectivity index (χ3n) is 2.96. The summed E-state index contributed by atoms with van der Waals surface area (Å²) in [6, 6.07) is 8.56. The van der Waals surface area contributed by atoms with E-state index in [4.69, 9.17) is 9.84 Å². The zero-order valence-corrected chi connectivity index (χ0v) is 10.3. The smallest absolute Gasteiger partial charge is 0.407 e. The van der Waals surface area contributed by atoms with Crippen molar-refractivity contribution in [1.29, 1.82) is 0 Å². The highest BCUT2D eigenvalue weighted by molar-refractivity contribution is 5.74. The molecule has 1 aromatic rings. The van der Waals surface area contributed by atoms with Crippen molar-refractivity contribution in [3.63, 3.8) is 0 Å². The van der Waals surface area contributed by atoms with Gasteiger partial charge in [-0.15, -0.1) is 0 Å². The van der Waals surface area contributed by atoms with Crippen LogP contribution in [0.4, 0.5) is 4.79 Å². The normalized spacial score (nSPS) is 21.9. The summed E-state index contributed by atoms with van der Waals surface area (Å²) in [6.45, 7) is 0.645. The van der Waals surface area contributed by atoms with Crippen LogP contribution in [0.2, 0.25) is 0 Å². The van der Waals surface area contributed by atoms with Crippen molar-refractivity contribution in [2.24, 2.45) is 0 Å². The first-order valence-corrected chi connectivity index (χ1v) is 6.08. The molecule has 0 radical (unpaired) electrons. The molecule has 19 heavy (non-hydrogen) atoms. The summed E-state index contributed by atoms with van der Waals surface area (Å²) >= 11 is 0. The minimum Gasteiger partial charge on any atom is -0.480 e. The molecule has 0 aromatic heterocycles. The van der Waals surface area contributed by atoms with Crippen molar-refractivity contribution in [2.75, 3.05) is 6.54 Å². The Labute approximate surface area is 110 Å². The number of carbonyl (C=O) groups is 2. The monoisotopic (exact) mass is 264 g/mol. The Kier molecular flexibility index (Phi) is 4.35. The topological polar surface area (TPSA) is 87.7 Å². The van der Waals surface area contributed by atoms with E-state index in [1.165, 1.54) is 0 Å². The van der Waals surface area contributed by atoms with Crippen molar-refractivity contribution in [3.05, 3.63) is 35.9 Å². The summed E-state index contributed by atoms with van der Waals surface area (Å²) in [5.74, 6) is -0.901. The largest absolute Gasteiger partial charge is 0.480 e. The van der Waals surface area contributed by atoms with E-state index >= 15 is 0 Å². The van der Waals surface area contributed by atoms with Crippen LogP contribution in [0.3, 0.4) is 0 Å². The molecule has 1 aromatic carbocycles. The van der Waals surface area contributed by atoms with E-state index in [0.717, 1.165) is 5.56 Å². The van der Waals surface area contributed by atoms with Gasteiger partial charge in [0.05, 0.1) is 0 Å². The lowest BCUT2D eigenvalue weighted by molar-refractivity contribution is -0.139. The predicted molar refractivity (Wildman–Crippen MR) is 67.6 cm³/mol. The summed E-state index contributed by atoms with van der Waals surface area (Å²) in [6.07, 6.45) is -0.155. The van der Waals surface area contributed by atoms with Crippen LogP contribution in [0.5, 0.6) is 0 Å². The molecule has 1 amide bonds. The van der Waals surface area contributed by atoms with Crippen molar-refractivity contribution in [3.8, 4) is 0 Å². The van der Waals surface area contributed by atoms with Crippen molar-refractivity contribution in [1.82, 2.24) is 10.6 Å². The number of carboxylic acids is 1. The number of carboxylic acid groups (broad SMARTS) is 1. The number of ether oxygens (including phenoxy) is 1. The van der Waals surface area contributed by atoms with E-state index in [1.54, 1.807) is 0 Å². The lowest BCUT2D eigenvalue weighted by atomic mass is 10.2. The molecule has 1 heterocycles. The summed E-state index contributed by atoms with van der Waals surface area (Å²) in [5, 5.41) is 14.3. The van der Waals surface area contributed by atoms with Crippen LogP contribution >= 0.6 is 0 Å². The number of carbonyl (C=O) groups excluding carboxylic acids is 1. The molecule has 1 fully saturated rings. The second-order valence-electron chi connectivity index (χ2n) is 4.44. The van der Waals surface area contributed by atoms with Crippen LogP contribution in [0.25, 0.3) is 0 Å². The number of rotatable bonds is 4. The van der Waals surface area contributed by atoms with Crippen LogP contribution in [0.1, 0.15) is 12.0 Å². The van der Waals surface area contributed by atoms with Gasteiger partial charge in [0, 0.05) is 12.6 Å². The van der Waals surface area contributed by atoms with Gasteiger partial charge in [-0.25, -0.2) is 4.79 Å². The van der Waals surface area contributed by atoms with E-state index in [0.29, 0.717) is 13.0 Å². The zero-order valence-electron chi connectivity index (χ0n) is 10.3. The molecule has 6 nitrogen and oxygen atoms in total. The molecule has 0 saturated carbocycles. The fourth-order valence-corrected chi connectivity index (χ4v) is 1.97. The summed E-state index contributed by atoms with van der Waals surface area (Å²) in [5.41, 5.74) is 0.908. The molecule has 0 spiro atoms. The van der Waals surface area contributed by atoms with E-state index in [9.17, 15) is 9.59 Å². The van der Waals surface area contributed by atoms with Gasteiger partial charge in [0.25, 0.3) is 0 Å². The van der Waals surface area contributed by atoms with Gasteiger partial charge in [0.1, 0.15) is 12.6 Å². The molecule has 1 saturated heterocycles. The van der Waals surface area contributed by atoms with Gasteiger partial charge in [0.15, 0.2) is 0 Å². The lowest BCUT2D eigenvalue weighted by Gasteiger charge is -2.11. The van der Waals surface area contributed by atoms with Gasteiger partial charge in [-0.05, 0) is 12.0 Å². The van der Waals surface area contributed by atoms with Gasteiger partial charge >= 0.3 is 12.1 Å². The summed E-state index contributed by atoms with van der Waals surface area (Å²) < 4.78 is 5.06. The number of nitrogens with one attached hydrogen (secondary N) is 2. The maximum atomic E-state index is 11.5. The fraction of sp³-hybridized carbons (Fsp3) is 0.385. The number of hydrogen-bond acceptors (Lipinski definition) is 4. The molecule has 1 aliphatic rings. The molecular formula is C13H16N2O4. The Bertz CT molecular complexity index is 449. The molecule has 1 aliphatic heterocycles. The molecule has 2 rings (SSSR count). The highest BCUT2D eigenvalue weighted by Gasteiger charge is 2.30. The Morgan fingerprint density at radius 3 is 2.74 bits per heavy atom. The van der Waals surface area contributed by atoms with Gasteiger partial charge in [-0.3, -0.25) is 4.79 Å². The SMILES string of the molecule is O=C(N[C@H]1CN[C@@H](C(=O)O)C1)OCc1ccccc1. The second-order valence-corrected chi connectivity index (χ2v) is 4.44. The molecule has 3 N–H and O–H groups in total. The van der Waals surface area contributed by atoms with Crippen molar-refractivity contribution >= 4 is 12.1 Å². The van der Waals surface area contributed by atoms with Crippen LogP contribution in [0, 0.1) is 0 Å². The highest BCUT2D eigenvalue weighted by atomic mass is 16.5. The van der Waals surface area contributed by atoms with Crippen LogP contribution in [-0.4, -0.2) is 35.8 Å². The third-order valence-corrected chi connectivity index (χ3v) is 2.96. The molecule has 6 heteroatoms. The first kappa shape index (κ1) is 13.4. The summed E-state index contributed by atoms with van der Waals surface area (Å²) in [7, 11) is 0. The lowest BCUT2D eigenvalue weighted by Crippen LogP contribution is -2.36. The Morgan fingerprint density at radius 1 is 1.37 bits per heavy atom. The Balaban J connectivity index is 1.72. The van der Waals surface area contributed by atoms with Crippen LogP contribution in [0.15, 0.2) is 30.3 Å². The Hall–Kier alpha value is -2.08. The number of benzene rings is 1. The average molecular weight is 264 g/mol. The number of amides is 1. The number of aliphatic carboxylic acids is 1. The molecule has 0 bridgehead atoms. The summed E-state index contributed by atoms with van der Waals surface area (Å²) in [4.78, 5) is 22.3. The minimum atomic E-state index is -0.901. The highest BCUT2D eigenvalue weighted by Crippen LogP contribution is 2.07. The Morgan fingerprint density at radius 2 is 2.11 bits per heavy atom. The third kappa shape index (κ3) is 3.96. The zero-order chi connectivity index (χ0) is 13.7. The van der Waals surface area contributed by atoms with E-state index < -0.39 is 18.1 Å². The van der Waals surface area contributed by atoms with Crippen LogP contribution in [-0.2, 0) is 16.1 Å². The molecule has 0 aliphatic carbocycles. The maximum Gasteiger partial charge on any atom is 0.407 e. The minimum absolute atomic E-state index is 0.204. The van der Waals surface area contributed by atoms with Gasteiger partial charge in [0.2, 0.25) is 0 Å². The van der Waals surface area contributed by atoms with Gasteiger partial charge in [-0.2, -0.15) is 0 Å². The number of hydrogen-bond donors (Lipinski definition) is 3. The van der Waals surface area contributed by atoms with E-state index in [-0.39, 0.29) is 12.6 Å². The molecular weight excluding hydrogens is 248 g/mol. The molecule has 2 atom stereocenters. The average Bonchev–Trinajstić information content (AvgIpc) is 2.86. The van der Waals surface area contributed by atoms with Crippen molar-refractivity contribution < 1.29 is 19.4 Å². The van der Waals surface area contributed by atoms with Crippen LogP contribution < -0.4 is 10.6 Å². The quantitative estimate of drug-likeness (QED) is 0.746. The van der Waals surface area contributed by atoms with Gasteiger partial charge < -0.3 is 20.5 Å². The maximum absolute atomic E-state index is 11.5. The predicted octanol–water partition coefficient (Wildman–Crippen LogP) is 0.728. The number of alkyl carbamates (subject to hydrolysis) is 1. The van der Waals surface area contributed by atoms with Gasteiger partial charge in [-0.1, -0.05) is 30.3 Å². The first-order chi connectivity index (χ1) is 9.15. The fourth-order valence-electron chi connectivity index (χ4n) is 1.97. The second kappa shape index (κ2) is 6.19. The molecule has 0 unspecified atom stereocenters. The van der Waals surface area contributed by atoms with E-state index in [2.05, 4.69) is 10.6 Å². The first-order valence-electron chi connectivity index (χ1n) is 6.08. The van der Waals surface area contributed by atoms with Crippen molar-refractivity contribution in [2.45, 2.75) is 25.1 Å². The molecule has 102 valence electrons.